The highest BCUT2D eigenvalue weighted by Gasteiger charge is 2.12. The maximum Gasteiger partial charge on any atom is 0.259 e. The number of para-hydroxylation sites is 1. The quantitative estimate of drug-likeness (QED) is 0.328. The van der Waals surface area contributed by atoms with Gasteiger partial charge >= 0.3 is 0 Å². The number of rotatable bonds is 7. The summed E-state index contributed by atoms with van der Waals surface area (Å²) >= 11 is 0. The Labute approximate surface area is 195 Å². The molecule has 7 nitrogen and oxygen atoms in total. The third-order valence-electron chi connectivity index (χ3n) is 5.00. The molecule has 0 atom stereocenters. The van der Waals surface area contributed by atoms with Gasteiger partial charge in [-0.05, 0) is 55.5 Å². The Balaban J connectivity index is 1.45. The van der Waals surface area contributed by atoms with Crippen molar-refractivity contribution in [2.45, 2.75) is 6.92 Å². The number of carbonyl (C=O) groups excluding carboxylic acids is 2. The minimum atomic E-state index is -0.476. The molecule has 4 aromatic rings. The molecule has 1 heterocycles. The van der Waals surface area contributed by atoms with E-state index >= 15 is 0 Å². The summed E-state index contributed by atoms with van der Waals surface area (Å²) in [5.74, 6) is -1.17. The molecule has 0 saturated carbocycles. The zero-order chi connectivity index (χ0) is 23.9. The second-order valence-electron chi connectivity index (χ2n) is 7.56. The first-order chi connectivity index (χ1) is 16.5. The van der Waals surface area contributed by atoms with Gasteiger partial charge in [-0.15, -0.1) is 0 Å². The van der Waals surface area contributed by atoms with Crippen LogP contribution in [0, 0.1) is 12.7 Å². The normalized spacial score (nSPS) is 10.9. The van der Waals surface area contributed by atoms with Gasteiger partial charge in [0.2, 0.25) is 0 Å². The first-order valence-corrected chi connectivity index (χ1v) is 10.6. The number of benzene rings is 3. The highest BCUT2D eigenvalue weighted by molar-refractivity contribution is 5.96. The molecular weight excluding hydrogens is 433 g/mol. The Hall–Kier alpha value is -4.59. The number of hydrazone groups is 1. The Bertz CT molecular complexity index is 1310. The van der Waals surface area contributed by atoms with Crippen LogP contribution >= 0.6 is 0 Å². The fourth-order valence-corrected chi connectivity index (χ4v) is 3.21. The van der Waals surface area contributed by atoms with E-state index in [1.165, 1.54) is 18.3 Å². The van der Waals surface area contributed by atoms with E-state index in [9.17, 15) is 14.0 Å². The van der Waals surface area contributed by atoms with Crippen LogP contribution in [-0.4, -0.2) is 34.4 Å². The fraction of sp³-hybridized carbons (Fsp3) is 0.0769. The lowest BCUT2D eigenvalue weighted by Gasteiger charge is -2.04. The summed E-state index contributed by atoms with van der Waals surface area (Å²) in [5.41, 5.74) is 6.66. The van der Waals surface area contributed by atoms with E-state index in [1.54, 1.807) is 35.1 Å². The van der Waals surface area contributed by atoms with Gasteiger partial charge in [-0.25, -0.2) is 14.5 Å². The van der Waals surface area contributed by atoms with Crippen LogP contribution < -0.4 is 10.7 Å². The van der Waals surface area contributed by atoms with Crippen molar-refractivity contribution < 1.29 is 14.0 Å². The first kappa shape index (κ1) is 22.6. The van der Waals surface area contributed by atoms with Crippen LogP contribution in [0.2, 0.25) is 0 Å². The minimum Gasteiger partial charge on any atom is -0.343 e. The largest absolute Gasteiger partial charge is 0.343 e. The van der Waals surface area contributed by atoms with E-state index in [0.717, 1.165) is 11.3 Å². The Morgan fingerprint density at radius 1 is 1.00 bits per heavy atom. The van der Waals surface area contributed by atoms with Crippen LogP contribution in [0.15, 0.2) is 90.2 Å². The van der Waals surface area contributed by atoms with Crippen LogP contribution in [-0.2, 0) is 4.79 Å². The summed E-state index contributed by atoms with van der Waals surface area (Å²) < 4.78 is 15.1. The maximum absolute atomic E-state index is 13.4. The van der Waals surface area contributed by atoms with Crippen molar-refractivity contribution in [3.63, 3.8) is 0 Å². The lowest BCUT2D eigenvalue weighted by atomic mass is 10.1. The number of aromatic nitrogens is 2. The van der Waals surface area contributed by atoms with Crippen molar-refractivity contribution in [1.29, 1.82) is 0 Å². The molecule has 0 bridgehead atoms. The molecule has 0 aliphatic heterocycles. The highest BCUT2D eigenvalue weighted by Crippen LogP contribution is 2.23. The molecule has 2 amide bonds. The molecule has 0 saturated heterocycles. The van der Waals surface area contributed by atoms with Crippen molar-refractivity contribution in [3.05, 3.63) is 108 Å². The Morgan fingerprint density at radius 2 is 1.71 bits per heavy atom. The van der Waals surface area contributed by atoms with Gasteiger partial charge in [-0.1, -0.05) is 35.9 Å². The van der Waals surface area contributed by atoms with Gasteiger partial charge in [0, 0.05) is 22.9 Å². The summed E-state index contributed by atoms with van der Waals surface area (Å²) in [6.07, 6.45) is 3.23. The molecule has 2 N–H and O–H groups in total. The van der Waals surface area contributed by atoms with Gasteiger partial charge in [0.25, 0.3) is 11.8 Å². The standard InChI is InChI=1S/C26H22FN5O2/c1-18-7-9-20(10-8-18)26(34)28-16-24(33)30-29-15-21-17-32(23-5-3-2-4-6-23)31-25(21)19-11-13-22(27)14-12-19/h2-15,17H,16H2,1H3,(H,28,34)(H,30,33)/b29-15+. The van der Waals surface area contributed by atoms with Crippen LogP contribution in [0.3, 0.4) is 0 Å². The van der Waals surface area contributed by atoms with Crippen LogP contribution in [0.1, 0.15) is 21.5 Å². The number of hydrogen-bond acceptors (Lipinski definition) is 4. The van der Waals surface area contributed by atoms with Gasteiger partial charge in [0.05, 0.1) is 18.4 Å². The van der Waals surface area contributed by atoms with E-state index in [4.69, 9.17) is 0 Å². The molecule has 1 aromatic heterocycles. The molecule has 170 valence electrons. The number of aryl methyl sites for hydroxylation is 1. The first-order valence-electron chi connectivity index (χ1n) is 10.6. The van der Waals surface area contributed by atoms with Gasteiger partial charge in [-0.2, -0.15) is 10.2 Å². The number of nitrogens with one attached hydrogen (secondary N) is 2. The highest BCUT2D eigenvalue weighted by atomic mass is 19.1. The summed E-state index contributed by atoms with van der Waals surface area (Å²) in [6.45, 7) is 1.70. The topological polar surface area (TPSA) is 88.4 Å². The van der Waals surface area contributed by atoms with E-state index in [-0.39, 0.29) is 18.3 Å². The second-order valence-corrected chi connectivity index (χ2v) is 7.56. The van der Waals surface area contributed by atoms with Crippen molar-refractivity contribution in [1.82, 2.24) is 20.5 Å². The minimum absolute atomic E-state index is 0.224. The molecule has 0 aliphatic carbocycles. The van der Waals surface area contributed by atoms with E-state index in [2.05, 4.69) is 20.9 Å². The molecule has 34 heavy (non-hydrogen) atoms. The fourth-order valence-electron chi connectivity index (χ4n) is 3.21. The smallest absolute Gasteiger partial charge is 0.259 e. The van der Waals surface area contributed by atoms with Crippen LogP contribution in [0.25, 0.3) is 16.9 Å². The zero-order valence-corrected chi connectivity index (χ0v) is 18.4. The van der Waals surface area contributed by atoms with Crippen molar-refractivity contribution in [2.75, 3.05) is 6.54 Å². The summed E-state index contributed by atoms with van der Waals surface area (Å²) in [4.78, 5) is 24.3. The maximum atomic E-state index is 13.4. The average Bonchev–Trinajstić information content (AvgIpc) is 3.28. The molecule has 8 heteroatoms. The van der Waals surface area contributed by atoms with Crippen molar-refractivity contribution >= 4 is 18.0 Å². The molecule has 0 aliphatic rings. The van der Waals surface area contributed by atoms with E-state index in [0.29, 0.717) is 22.4 Å². The van der Waals surface area contributed by atoms with Crippen LogP contribution in [0.4, 0.5) is 4.39 Å². The number of hydrogen-bond donors (Lipinski definition) is 2. The van der Waals surface area contributed by atoms with Gasteiger partial charge in [0.15, 0.2) is 0 Å². The number of amides is 2. The van der Waals surface area contributed by atoms with Crippen molar-refractivity contribution in [3.8, 4) is 16.9 Å². The predicted octanol–water partition coefficient (Wildman–Crippen LogP) is 3.87. The van der Waals surface area contributed by atoms with E-state index < -0.39 is 5.91 Å². The zero-order valence-electron chi connectivity index (χ0n) is 18.4. The lowest BCUT2D eigenvalue weighted by Crippen LogP contribution is -2.34. The molecule has 3 aromatic carbocycles. The molecule has 0 spiro atoms. The summed E-state index contributed by atoms with van der Waals surface area (Å²) in [5, 5.41) is 11.2. The summed E-state index contributed by atoms with van der Waals surface area (Å²) in [6, 6.07) is 22.5. The van der Waals surface area contributed by atoms with Crippen LogP contribution in [0.5, 0.6) is 0 Å². The lowest BCUT2D eigenvalue weighted by molar-refractivity contribution is -0.120. The van der Waals surface area contributed by atoms with Gasteiger partial charge < -0.3 is 5.32 Å². The molecular formula is C26H22FN5O2. The second kappa shape index (κ2) is 10.4. The Kier molecular flexibility index (Phi) is 6.88. The molecule has 0 radical (unpaired) electrons. The molecule has 0 fully saturated rings. The SMILES string of the molecule is Cc1ccc(C(=O)NCC(=O)N/N=C/c2cn(-c3ccccc3)nc2-c2ccc(F)cc2)cc1. The molecule has 4 rings (SSSR count). The Morgan fingerprint density at radius 3 is 2.41 bits per heavy atom. The average molecular weight is 455 g/mol. The van der Waals surface area contributed by atoms with Gasteiger partial charge in [0.1, 0.15) is 11.5 Å². The van der Waals surface area contributed by atoms with Gasteiger partial charge in [-0.3, -0.25) is 9.59 Å². The monoisotopic (exact) mass is 455 g/mol. The third kappa shape index (κ3) is 5.60. The molecule has 0 unspecified atom stereocenters. The van der Waals surface area contributed by atoms with Crippen molar-refractivity contribution in [2.24, 2.45) is 5.10 Å². The number of nitrogens with zero attached hydrogens (tertiary/aromatic N) is 3. The predicted molar refractivity (Wildman–Crippen MR) is 128 cm³/mol. The summed E-state index contributed by atoms with van der Waals surface area (Å²) in [7, 11) is 0. The van der Waals surface area contributed by atoms with E-state index in [1.807, 2.05) is 49.4 Å². The third-order valence-corrected chi connectivity index (χ3v) is 5.00. The number of halogens is 1. The number of carbonyl (C=O) groups is 2.